The van der Waals surface area contributed by atoms with E-state index in [-0.39, 0.29) is 11.9 Å². The van der Waals surface area contributed by atoms with Crippen molar-refractivity contribution in [1.29, 1.82) is 0 Å². The van der Waals surface area contributed by atoms with Crippen LogP contribution < -0.4 is 0 Å². The molecule has 104 valence electrons. The third-order valence-electron chi connectivity index (χ3n) is 2.77. The molecule has 0 spiro atoms. The molecule has 0 aromatic heterocycles. The fourth-order valence-electron chi connectivity index (χ4n) is 1.53. The van der Waals surface area contributed by atoms with Gasteiger partial charge in [-0.2, -0.15) is 0 Å². The van der Waals surface area contributed by atoms with Crippen molar-refractivity contribution >= 4 is 12.8 Å². The molecule has 5 heteroatoms. The van der Waals surface area contributed by atoms with Crippen LogP contribution in [0.5, 0.6) is 0 Å². The normalized spacial score (nSPS) is 16.3. The van der Waals surface area contributed by atoms with Crippen molar-refractivity contribution < 1.29 is 13.9 Å². The van der Waals surface area contributed by atoms with Crippen LogP contribution >= 0.6 is 0 Å². The van der Waals surface area contributed by atoms with E-state index in [9.17, 15) is 9.18 Å². The maximum Gasteiger partial charge on any atom is 0.209 e. The third kappa shape index (κ3) is 5.07. The molecule has 1 atom stereocenters. The van der Waals surface area contributed by atoms with Gasteiger partial charge in [-0.3, -0.25) is 9.79 Å². The average Bonchev–Trinajstić information content (AvgIpc) is 2.96. The summed E-state index contributed by atoms with van der Waals surface area (Å²) < 4.78 is 17.7. The molecule has 1 aromatic carbocycles. The van der Waals surface area contributed by atoms with Crippen molar-refractivity contribution in [3.63, 3.8) is 0 Å². The number of rotatable bonds is 4. The molecule has 0 saturated heterocycles. The van der Waals surface area contributed by atoms with Crippen molar-refractivity contribution in [3.8, 4) is 0 Å². The first-order valence-electron chi connectivity index (χ1n) is 6.29. The molecule has 0 radical (unpaired) electrons. The highest BCUT2D eigenvalue weighted by Crippen LogP contribution is 2.20. The van der Waals surface area contributed by atoms with Gasteiger partial charge < -0.3 is 9.64 Å². The predicted molar refractivity (Wildman–Crippen MR) is 72.6 cm³/mol. The van der Waals surface area contributed by atoms with E-state index in [2.05, 4.69) is 4.99 Å². The number of carbonyl (C=O) groups excluding carboxylic acids is 1. The van der Waals surface area contributed by atoms with Gasteiger partial charge >= 0.3 is 0 Å². The number of hydrogen-bond acceptors (Lipinski definition) is 3. The lowest BCUT2D eigenvalue weighted by molar-refractivity contribution is -0.117. The summed E-state index contributed by atoms with van der Waals surface area (Å²) >= 11 is 0. The Hall–Kier alpha value is -1.91. The summed E-state index contributed by atoms with van der Waals surface area (Å²) in [5, 5.41) is 0. The second-order valence-electron chi connectivity index (χ2n) is 3.97. The van der Waals surface area contributed by atoms with Gasteiger partial charge in [0.05, 0.1) is 6.54 Å². The van der Waals surface area contributed by atoms with Crippen LogP contribution in [0.3, 0.4) is 0 Å². The number of aliphatic imine (C=N–C) groups is 1. The van der Waals surface area contributed by atoms with Gasteiger partial charge in [0.25, 0.3) is 0 Å². The monoisotopic (exact) mass is 266 g/mol. The van der Waals surface area contributed by atoms with Crippen LogP contribution in [0, 0.1) is 5.82 Å². The number of benzene rings is 1. The van der Waals surface area contributed by atoms with E-state index in [0.29, 0.717) is 6.54 Å². The smallest absolute Gasteiger partial charge is 0.209 e. The minimum Gasteiger partial charge on any atom is -0.474 e. The molecule has 1 aliphatic heterocycles. The molecule has 1 amide bonds. The first-order valence-corrected chi connectivity index (χ1v) is 6.29. The Kier molecular flexibility index (Phi) is 6.57. The zero-order valence-electron chi connectivity index (χ0n) is 11.3. The van der Waals surface area contributed by atoms with Crippen molar-refractivity contribution in [2.75, 3.05) is 19.6 Å². The SMILES string of the molecule is CCN(C=O)CC.Fc1ccc(C2CN=CO2)cc1. The Morgan fingerprint density at radius 3 is 2.37 bits per heavy atom. The zero-order valence-corrected chi connectivity index (χ0v) is 11.3. The van der Waals surface area contributed by atoms with Gasteiger partial charge in [0, 0.05) is 13.1 Å². The Bertz CT molecular complexity index is 394. The van der Waals surface area contributed by atoms with Crippen LogP contribution in [0.25, 0.3) is 0 Å². The number of nitrogens with zero attached hydrogens (tertiary/aromatic N) is 2. The molecular weight excluding hydrogens is 247 g/mol. The molecule has 0 fully saturated rings. The Morgan fingerprint density at radius 2 is 2.00 bits per heavy atom. The minimum absolute atomic E-state index is 0.0226. The van der Waals surface area contributed by atoms with Crippen molar-refractivity contribution in [2.45, 2.75) is 20.0 Å². The number of carbonyl (C=O) groups is 1. The highest BCUT2D eigenvalue weighted by Gasteiger charge is 2.14. The van der Waals surface area contributed by atoms with Gasteiger partial charge in [-0.05, 0) is 31.5 Å². The molecular formula is C14H19FN2O2. The van der Waals surface area contributed by atoms with Crippen LogP contribution in [-0.4, -0.2) is 37.3 Å². The number of ether oxygens (including phenoxy) is 1. The summed E-state index contributed by atoms with van der Waals surface area (Å²) in [5.74, 6) is -0.224. The Balaban J connectivity index is 0.000000224. The first-order chi connectivity index (χ1) is 9.21. The van der Waals surface area contributed by atoms with Gasteiger partial charge in [-0.15, -0.1) is 0 Å². The van der Waals surface area contributed by atoms with Crippen LogP contribution in [0.4, 0.5) is 4.39 Å². The second-order valence-corrected chi connectivity index (χ2v) is 3.97. The van der Waals surface area contributed by atoms with Gasteiger partial charge in [-0.1, -0.05) is 12.1 Å². The molecule has 1 aliphatic rings. The van der Waals surface area contributed by atoms with Gasteiger partial charge in [-0.25, -0.2) is 4.39 Å². The zero-order chi connectivity index (χ0) is 14.1. The van der Waals surface area contributed by atoms with E-state index in [4.69, 9.17) is 4.74 Å². The molecule has 1 heterocycles. The second kappa shape index (κ2) is 8.24. The Morgan fingerprint density at radius 1 is 1.37 bits per heavy atom. The quantitative estimate of drug-likeness (QED) is 0.785. The van der Waals surface area contributed by atoms with Gasteiger partial charge in [0.2, 0.25) is 6.41 Å². The predicted octanol–water partition coefficient (Wildman–Crippen LogP) is 2.41. The lowest BCUT2D eigenvalue weighted by Crippen LogP contribution is -2.19. The van der Waals surface area contributed by atoms with Gasteiger partial charge in [0.15, 0.2) is 6.40 Å². The molecule has 1 aromatic rings. The summed E-state index contributed by atoms with van der Waals surface area (Å²) in [6.07, 6.45) is 2.28. The first kappa shape index (κ1) is 15.1. The summed E-state index contributed by atoms with van der Waals surface area (Å²) in [5.41, 5.74) is 0.967. The molecule has 0 bridgehead atoms. The standard InChI is InChI=1S/C9H8FNO.C5H11NO/c10-8-3-1-7(2-4-8)9-5-11-6-12-9;1-3-6(4-2)5-7/h1-4,6,9H,5H2;5H,3-4H2,1-2H3. The third-order valence-corrected chi connectivity index (χ3v) is 2.77. The van der Waals surface area contributed by atoms with E-state index >= 15 is 0 Å². The summed E-state index contributed by atoms with van der Waals surface area (Å²) in [6, 6.07) is 6.29. The molecule has 0 N–H and O–H groups in total. The van der Waals surface area contributed by atoms with Crippen molar-refractivity contribution in [3.05, 3.63) is 35.6 Å². The number of amides is 1. The molecule has 2 rings (SSSR count). The minimum atomic E-state index is -0.224. The maximum atomic E-state index is 12.5. The highest BCUT2D eigenvalue weighted by molar-refractivity contribution is 5.49. The van der Waals surface area contributed by atoms with E-state index in [1.807, 2.05) is 13.8 Å². The topological polar surface area (TPSA) is 41.9 Å². The van der Waals surface area contributed by atoms with Crippen molar-refractivity contribution in [1.82, 2.24) is 4.90 Å². The van der Waals surface area contributed by atoms with E-state index in [1.54, 1.807) is 17.0 Å². The molecule has 19 heavy (non-hydrogen) atoms. The fourth-order valence-corrected chi connectivity index (χ4v) is 1.53. The van der Waals surface area contributed by atoms with Crippen molar-refractivity contribution in [2.24, 2.45) is 4.99 Å². The number of hydrogen-bond donors (Lipinski definition) is 0. The van der Waals surface area contributed by atoms with E-state index < -0.39 is 0 Å². The molecule has 0 aliphatic carbocycles. The van der Waals surface area contributed by atoms with Crippen LogP contribution in [0.2, 0.25) is 0 Å². The maximum absolute atomic E-state index is 12.5. The fraction of sp³-hybridized carbons (Fsp3) is 0.429. The van der Waals surface area contributed by atoms with Gasteiger partial charge in [0.1, 0.15) is 11.9 Å². The lowest BCUT2D eigenvalue weighted by Gasteiger charge is -2.08. The van der Waals surface area contributed by atoms with E-state index in [1.165, 1.54) is 18.5 Å². The van der Waals surface area contributed by atoms with E-state index in [0.717, 1.165) is 25.1 Å². The summed E-state index contributed by atoms with van der Waals surface area (Å²) in [7, 11) is 0. The van der Waals surface area contributed by atoms with Crippen LogP contribution in [0.15, 0.2) is 29.3 Å². The molecule has 0 saturated carbocycles. The van der Waals surface area contributed by atoms with Crippen LogP contribution in [0.1, 0.15) is 25.5 Å². The molecule has 1 unspecified atom stereocenters. The summed E-state index contributed by atoms with van der Waals surface area (Å²) in [4.78, 5) is 15.5. The largest absolute Gasteiger partial charge is 0.474 e. The number of halogens is 1. The Labute approximate surface area is 112 Å². The average molecular weight is 266 g/mol. The highest BCUT2D eigenvalue weighted by atomic mass is 19.1. The molecule has 4 nitrogen and oxygen atoms in total. The summed E-state index contributed by atoms with van der Waals surface area (Å²) in [6.45, 7) is 6.18. The van der Waals surface area contributed by atoms with Crippen LogP contribution in [-0.2, 0) is 9.53 Å². The lowest BCUT2D eigenvalue weighted by atomic mass is 10.1.